The molecule has 0 aliphatic carbocycles. The van der Waals surface area contributed by atoms with Crippen LogP contribution in [-0.2, 0) is 0 Å². The molecule has 0 bridgehead atoms. The fraction of sp³-hybridized carbons (Fsp3) is 0.714. The molecule has 0 aromatic carbocycles. The lowest BCUT2D eigenvalue weighted by atomic mass is 10.0. The zero-order valence-corrected chi connectivity index (χ0v) is 11.9. The van der Waals surface area contributed by atoms with Crippen LogP contribution < -0.4 is 4.90 Å². The number of hydrogen-bond donors (Lipinski definition) is 0. The summed E-state index contributed by atoms with van der Waals surface area (Å²) >= 11 is 0. The number of rotatable bonds is 3. The maximum atomic E-state index is 4.42. The van der Waals surface area contributed by atoms with E-state index < -0.39 is 0 Å². The molecule has 2 heterocycles. The summed E-state index contributed by atoms with van der Waals surface area (Å²) in [6.45, 7) is 6.69. The van der Waals surface area contributed by atoms with Gasteiger partial charge < -0.3 is 9.80 Å². The van der Waals surface area contributed by atoms with E-state index in [1.165, 1.54) is 25.9 Å². The Morgan fingerprint density at radius 1 is 1.28 bits per heavy atom. The molecule has 4 heteroatoms. The summed E-state index contributed by atoms with van der Waals surface area (Å²) in [4.78, 5) is 13.5. The van der Waals surface area contributed by atoms with Gasteiger partial charge in [0.2, 0.25) is 0 Å². The second-order valence-electron chi connectivity index (χ2n) is 5.60. The molecule has 1 aromatic rings. The number of anilines is 1. The predicted molar refractivity (Wildman–Crippen MR) is 75.0 cm³/mol. The summed E-state index contributed by atoms with van der Waals surface area (Å²) in [5.74, 6) is 1.51. The highest BCUT2D eigenvalue weighted by Gasteiger charge is 2.21. The van der Waals surface area contributed by atoms with Gasteiger partial charge in [-0.15, -0.1) is 0 Å². The van der Waals surface area contributed by atoms with Crippen molar-refractivity contribution in [3.8, 4) is 0 Å². The van der Waals surface area contributed by atoms with Crippen LogP contribution >= 0.6 is 0 Å². The molecule has 0 radical (unpaired) electrons. The third-order valence-corrected chi connectivity index (χ3v) is 3.86. The van der Waals surface area contributed by atoms with Crippen LogP contribution in [0.2, 0.25) is 0 Å². The molecule has 1 fully saturated rings. The minimum absolute atomic E-state index is 0.456. The van der Waals surface area contributed by atoms with E-state index in [1.807, 2.05) is 0 Å². The first-order chi connectivity index (χ1) is 8.58. The fourth-order valence-corrected chi connectivity index (χ4v) is 2.44. The summed E-state index contributed by atoms with van der Waals surface area (Å²) < 4.78 is 0. The van der Waals surface area contributed by atoms with E-state index >= 15 is 0 Å². The van der Waals surface area contributed by atoms with Crippen LogP contribution in [0.25, 0.3) is 0 Å². The zero-order valence-electron chi connectivity index (χ0n) is 11.9. The van der Waals surface area contributed by atoms with Gasteiger partial charge in [-0.05, 0) is 38.9 Å². The molecule has 1 aliphatic rings. The molecule has 0 atom stereocenters. The normalized spacial score (nSPS) is 18.3. The van der Waals surface area contributed by atoms with Gasteiger partial charge in [0.1, 0.15) is 12.1 Å². The second kappa shape index (κ2) is 5.65. The summed E-state index contributed by atoms with van der Waals surface area (Å²) in [6.07, 6.45) is 4.12. The molecule has 0 amide bonds. The molecule has 4 nitrogen and oxygen atoms in total. The molecule has 2 rings (SSSR count). The molecule has 18 heavy (non-hydrogen) atoms. The van der Waals surface area contributed by atoms with Gasteiger partial charge >= 0.3 is 0 Å². The Kier molecular flexibility index (Phi) is 4.17. The topological polar surface area (TPSA) is 32.3 Å². The molecule has 0 N–H and O–H groups in total. The Hall–Kier alpha value is -1.16. The third-order valence-electron chi connectivity index (χ3n) is 3.86. The Morgan fingerprint density at radius 3 is 2.56 bits per heavy atom. The zero-order chi connectivity index (χ0) is 13.1. The summed E-state index contributed by atoms with van der Waals surface area (Å²) in [5, 5.41) is 0. The number of piperidine rings is 1. The van der Waals surface area contributed by atoms with E-state index in [0.29, 0.717) is 12.0 Å². The van der Waals surface area contributed by atoms with E-state index in [0.717, 1.165) is 11.5 Å². The Balaban J connectivity index is 2.08. The second-order valence-corrected chi connectivity index (χ2v) is 5.60. The van der Waals surface area contributed by atoms with Crippen molar-refractivity contribution in [3.05, 3.63) is 18.1 Å². The maximum Gasteiger partial charge on any atom is 0.132 e. The SMILES string of the molecule is CC(C)c1cc(N(C)C2CCN(C)CC2)ncn1. The predicted octanol–water partition coefficient (Wildman–Crippen LogP) is 2.13. The molecular weight excluding hydrogens is 224 g/mol. The molecule has 0 spiro atoms. The van der Waals surface area contributed by atoms with Gasteiger partial charge in [0.15, 0.2) is 0 Å². The average molecular weight is 248 g/mol. The van der Waals surface area contributed by atoms with Crippen molar-refractivity contribution in [1.82, 2.24) is 14.9 Å². The van der Waals surface area contributed by atoms with Crippen LogP contribution in [0.1, 0.15) is 38.3 Å². The summed E-state index contributed by atoms with van der Waals surface area (Å²) in [7, 11) is 4.35. The van der Waals surface area contributed by atoms with E-state index in [1.54, 1.807) is 6.33 Å². The number of aromatic nitrogens is 2. The first-order valence-electron chi connectivity index (χ1n) is 6.81. The van der Waals surface area contributed by atoms with Crippen LogP contribution in [0.3, 0.4) is 0 Å². The molecule has 1 saturated heterocycles. The molecule has 0 unspecified atom stereocenters. The maximum absolute atomic E-state index is 4.42. The van der Waals surface area contributed by atoms with Crippen molar-refractivity contribution in [2.75, 3.05) is 32.1 Å². The minimum atomic E-state index is 0.456. The van der Waals surface area contributed by atoms with E-state index in [2.05, 4.69) is 53.8 Å². The molecule has 100 valence electrons. The Labute approximate surface area is 110 Å². The van der Waals surface area contributed by atoms with Crippen LogP contribution in [0.5, 0.6) is 0 Å². The van der Waals surface area contributed by atoms with Gasteiger partial charge in [0.05, 0.1) is 0 Å². The van der Waals surface area contributed by atoms with Gasteiger partial charge in [-0.1, -0.05) is 13.8 Å². The first-order valence-corrected chi connectivity index (χ1v) is 6.81. The smallest absolute Gasteiger partial charge is 0.132 e. The fourth-order valence-electron chi connectivity index (χ4n) is 2.44. The monoisotopic (exact) mass is 248 g/mol. The molecule has 1 aromatic heterocycles. The van der Waals surface area contributed by atoms with Crippen LogP contribution in [-0.4, -0.2) is 48.1 Å². The molecule has 0 saturated carbocycles. The van der Waals surface area contributed by atoms with Gasteiger partial charge in [0, 0.05) is 24.8 Å². The molecule has 1 aliphatic heterocycles. The van der Waals surface area contributed by atoms with Gasteiger partial charge in [0.25, 0.3) is 0 Å². The van der Waals surface area contributed by atoms with Crippen molar-refractivity contribution in [2.45, 2.75) is 38.6 Å². The van der Waals surface area contributed by atoms with Crippen molar-refractivity contribution in [1.29, 1.82) is 0 Å². The quantitative estimate of drug-likeness (QED) is 0.820. The van der Waals surface area contributed by atoms with E-state index in [4.69, 9.17) is 0 Å². The summed E-state index contributed by atoms with van der Waals surface area (Å²) in [5.41, 5.74) is 1.12. The van der Waals surface area contributed by atoms with Gasteiger partial charge in [-0.25, -0.2) is 9.97 Å². The highest BCUT2D eigenvalue weighted by atomic mass is 15.2. The number of nitrogens with zero attached hydrogens (tertiary/aromatic N) is 4. The Morgan fingerprint density at radius 2 is 1.94 bits per heavy atom. The lowest BCUT2D eigenvalue weighted by Crippen LogP contribution is -2.42. The summed E-state index contributed by atoms with van der Waals surface area (Å²) in [6, 6.07) is 2.74. The van der Waals surface area contributed by atoms with Gasteiger partial charge in [-0.2, -0.15) is 0 Å². The van der Waals surface area contributed by atoms with Crippen molar-refractivity contribution >= 4 is 5.82 Å². The van der Waals surface area contributed by atoms with Crippen LogP contribution in [0, 0.1) is 0 Å². The lowest BCUT2D eigenvalue weighted by molar-refractivity contribution is 0.252. The third kappa shape index (κ3) is 2.99. The first kappa shape index (κ1) is 13.3. The Bertz CT molecular complexity index is 383. The van der Waals surface area contributed by atoms with Gasteiger partial charge in [-0.3, -0.25) is 0 Å². The average Bonchev–Trinajstić information content (AvgIpc) is 2.39. The van der Waals surface area contributed by atoms with Crippen molar-refractivity contribution in [2.24, 2.45) is 0 Å². The minimum Gasteiger partial charge on any atom is -0.356 e. The molecular formula is C14H24N4. The van der Waals surface area contributed by atoms with Crippen molar-refractivity contribution in [3.63, 3.8) is 0 Å². The van der Waals surface area contributed by atoms with Crippen molar-refractivity contribution < 1.29 is 0 Å². The highest BCUT2D eigenvalue weighted by Crippen LogP contribution is 2.22. The van der Waals surface area contributed by atoms with Crippen LogP contribution in [0.15, 0.2) is 12.4 Å². The number of hydrogen-bond acceptors (Lipinski definition) is 4. The van der Waals surface area contributed by atoms with Crippen LogP contribution in [0.4, 0.5) is 5.82 Å². The van der Waals surface area contributed by atoms with E-state index in [9.17, 15) is 0 Å². The lowest BCUT2D eigenvalue weighted by Gasteiger charge is -2.35. The highest BCUT2D eigenvalue weighted by molar-refractivity contribution is 5.39. The number of likely N-dealkylation sites (tertiary alicyclic amines) is 1. The standard InChI is InChI=1S/C14H24N4/c1-11(2)13-9-14(16-10-15-13)18(4)12-5-7-17(3)8-6-12/h9-12H,5-8H2,1-4H3. The largest absolute Gasteiger partial charge is 0.356 e. The van der Waals surface area contributed by atoms with E-state index in [-0.39, 0.29) is 0 Å².